The van der Waals surface area contributed by atoms with Crippen LogP contribution >= 0.6 is 12.2 Å². The fourth-order valence-electron chi connectivity index (χ4n) is 2.89. The van der Waals surface area contributed by atoms with Crippen LogP contribution in [0.1, 0.15) is 15.9 Å². The highest BCUT2D eigenvalue weighted by atomic mass is 32.1. The van der Waals surface area contributed by atoms with Gasteiger partial charge in [0, 0.05) is 38.4 Å². The van der Waals surface area contributed by atoms with Crippen molar-refractivity contribution in [2.75, 3.05) is 19.0 Å². The maximum Gasteiger partial charge on any atom is 0.262 e. The van der Waals surface area contributed by atoms with Crippen molar-refractivity contribution in [3.63, 3.8) is 0 Å². The van der Waals surface area contributed by atoms with Crippen LogP contribution in [0.15, 0.2) is 59.9 Å². The summed E-state index contributed by atoms with van der Waals surface area (Å²) in [5.74, 6) is -0.215. The molecule has 0 aliphatic heterocycles. The smallest absolute Gasteiger partial charge is 0.262 e. The number of hydrogen-bond acceptors (Lipinski definition) is 4. The summed E-state index contributed by atoms with van der Waals surface area (Å²) in [7, 11) is 3.96. The number of benzene rings is 2. The van der Waals surface area contributed by atoms with E-state index in [1.54, 1.807) is 24.3 Å². The summed E-state index contributed by atoms with van der Waals surface area (Å²) < 4.78 is 1.73. The summed E-state index contributed by atoms with van der Waals surface area (Å²) in [6.07, 6.45) is 1.61. The van der Waals surface area contributed by atoms with E-state index in [9.17, 15) is 9.59 Å². The van der Waals surface area contributed by atoms with Crippen molar-refractivity contribution in [1.29, 1.82) is 0 Å². The van der Waals surface area contributed by atoms with Crippen molar-refractivity contribution in [1.82, 2.24) is 14.9 Å². The summed E-state index contributed by atoms with van der Waals surface area (Å²) >= 11 is 5.24. The molecular formula is C21H22N4O2S. The lowest BCUT2D eigenvalue weighted by Crippen LogP contribution is -2.24. The molecule has 7 heteroatoms. The Morgan fingerprint density at radius 3 is 2.61 bits per heavy atom. The van der Waals surface area contributed by atoms with Crippen LogP contribution in [0.3, 0.4) is 0 Å². The predicted molar refractivity (Wildman–Crippen MR) is 116 cm³/mol. The number of amides is 1. The molecule has 0 saturated carbocycles. The van der Waals surface area contributed by atoms with Gasteiger partial charge in [-0.05, 0) is 48.1 Å². The first-order chi connectivity index (χ1) is 13.4. The van der Waals surface area contributed by atoms with Crippen LogP contribution in [0.2, 0.25) is 0 Å². The number of carbonyl (C=O) groups excluding carboxylic acids is 1. The van der Waals surface area contributed by atoms with Gasteiger partial charge in [0.1, 0.15) is 0 Å². The van der Waals surface area contributed by atoms with E-state index < -0.39 is 0 Å². The number of rotatable bonds is 6. The minimum Gasteiger partial charge on any atom is -0.378 e. The fraction of sp³-hybridized carbons (Fsp3) is 0.190. The number of H-pyrrole nitrogens is 1. The second-order valence-corrected chi connectivity index (χ2v) is 7.03. The number of nitrogens with zero attached hydrogens (tertiary/aromatic N) is 2. The number of fused-ring (bicyclic) bond motifs is 1. The quantitative estimate of drug-likeness (QED) is 0.497. The Balaban J connectivity index is 1.80. The van der Waals surface area contributed by atoms with Crippen molar-refractivity contribution in [3.05, 3.63) is 81.4 Å². The number of aromatic nitrogens is 2. The fourth-order valence-corrected chi connectivity index (χ4v) is 3.15. The maximum atomic E-state index is 12.5. The summed E-state index contributed by atoms with van der Waals surface area (Å²) in [6, 6.07) is 12.9. The van der Waals surface area contributed by atoms with Gasteiger partial charge in [-0.1, -0.05) is 18.2 Å². The molecule has 0 fully saturated rings. The minimum absolute atomic E-state index is 0.202. The van der Waals surface area contributed by atoms with Crippen LogP contribution in [0.5, 0.6) is 0 Å². The number of nitrogens with one attached hydrogen (secondary N) is 2. The second kappa shape index (κ2) is 8.22. The number of allylic oxidation sites excluding steroid dienone is 1. The first-order valence-electron chi connectivity index (χ1n) is 8.83. The molecule has 1 amide bonds. The molecule has 0 atom stereocenters. The Bertz CT molecular complexity index is 1140. The largest absolute Gasteiger partial charge is 0.378 e. The Morgan fingerprint density at radius 2 is 1.96 bits per heavy atom. The first kappa shape index (κ1) is 19.6. The lowest BCUT2D eigenvalue weighted by atomic mass is 10.1. The SMILES string of the molecule is C=CCn1c(=S)[nH]c2cc(C(=O)NCc3ccc(N(C)C)cc3)ccc2c1=O. The molecule has 3 aromatic rings. The highest BCUT2D eigenvalue weighted by Gasteiger charge is 2.10. The van der Waals surface area contributed by atoms with Crippen molar-refractivity contribution >= 4 is 34.7 Å². The van der Waals surface area contributed by atoms with Gasteiger partial charge in [0.2, 0.25) is 0 Å². The van der Waals surface area contributed by atoms with Gasteiger partial charge in [-0.2, -0.15) is 0 Å². The van der Waals surface area contributed by atoms with E-state index in [0.29, 0.717) is 34.3 Å². The van der Waals surface area contributed by atoms with Crippen LogP contribution in [0.25, 0.3) is 10.9 Å². The molecule has 6 nitrogen and oxygen atoms in total. The molecular weight excluding hydrogens is 372 g/mol. The molecule has 28 heavy (non-hydrogen) atoms. The van der Waals surface area contributed by atoms with Gasteiger partial charge in [0.05, 0.1) is 10.9 Å². The lowest BCUT2D eigenvalue weighted by Gasteiger charge is -2.13. The van der Waals surface area contributed by atoms with Gasteiger partial charge in [-0.3, -0.25) is 14.2 Å². The molecule has 2 N–H and O–H groups in total. The van der Waals surface area contributed by atoms with Gasteiger partial charge in [-0.25, -0.2) is 0 Å². The van der Waals surface area contributed by atoms with Crippen LogP contribution in [0.4, 0.5) is 5.69 Å². The normalized spacial score (nSPS) is 10.6. The van der Waals surface area contributed by atoms with Crippen LogP contribution in [0, 0.1) is 4.77 Å². The van der Waals surface area contributed by atoms with E-state index in [2.05, 4.69) is 16.9 Å². The molecule has 0 radical (unpaired) electrons. The van der Waals surface area contributed by atoms with Crippen molar-refractivity contribution in [3.8, 4) is 0 Å². The number of anilines is 1. The van der Waals surface area contributed by atoms with Gasteiger partial charge in [-0.15, -0.1) is 6.58 Å². The van der Waals surface area contributed by atoms with Crippen molar-refractivity contribution in [2.24, 2.45) is 0 Å². The average Bonchev–Trinajstić information content (AvgIpc) is 2.69. The van der Waals surface area contributed by atoms with Crippen LogP contribution < -0.4 is 15.8 Å². The van der Waals surface area contributed by atoms with E-state index in [0.717, 1.165) is 11.3 Å². The maximum absolute atomic E-state index is 12.5. The van der Waals surface area contributed by atoms with Crippen molar-refractivity contribution < 1.29 is 4.79 Å². The number of carbonyl (C=O) groups is 1. The highest BCUT2D eigenvalue weighted by Crippen LogP contribution is 2.13. The van der Waals surface area contributed by atoms with E-state index >= 15 is 0 Å². The van der Waals surface area contributed by atoms with Gasteiger partial charge in [0.25, 0.3) is 11.5 Å². The van der Waals surface area contributed by atoms with E-state index in [4.69, 9.17) is 12.2 Å². The third-order valence-corrected chi connectivity index (χ3v) is 4.78. The predicted octanol–water partition coefficient (Wildman–Crippen LogP) is 3.24. The monoisotopic (exact) mass is 394 g/mol. The Hall–Kier alpha value is -3.19. The molecule has 1 heterocycles. The van der Waals surface area contributed by atoms with E-state index in [1.807, 2.05) is 43.3 Å². The van der Waals surface area contributed by atoms with Gasteiger partial charge < -0.3 is 15.2 Å². The van der Waals surface area contributed by atoms with Crippen LogP contribution in [-0.2, 0) is 13.1 Å². The third-order valence-electron chi connectivity index (χ3n) is 4.46. The first-order valence-corrected chi connectivity index (χ1v) is 9.24. The molecule has 144 valence electrons. The number of aromatic amines is 1. The topological polar surface area (TPSA) is 70.1 Å². The number of hydrogen-bond donors (Lipinski definition) is 2. The molecule has 0 aliphatic rings. The third kappa shape index (κ3) is 4.04. The molecule has 2 aromatic carbocycles. The summed E-state index contributed by atoms with van der Waals surface area (Å²) in [6.45, 7) is 4.39. The zero-order valence-corrected chi connectivity index (χ0v) is 16.7. The van der Waals surface area contributed by atoms with Crippen molar-refractivity contribution in [2.45, 2.75) is 13.1 Å². The van der Waals surface area contributed by atoms with Gasteiger partial charge >= 0.3 is 0 Å². The second-order valence-electron chi connectivity index (χ2n) is 6.64. The summed E-state index contributed by atoms with van der Waals surface area (Å²) in [5.41, 5.74) is 2.90. The standard InChI is InChI=1S/C21H22N4O2S/c1-4-11-25-20(27)17-10-7-15(12-18(17)23-21(25)28)19(26)22-13-14-5-8-16(9-6-14)24(2)3/h4-10,12H,1,11,13H2,2-3H3,(H,22,26)(H,23,28). The minimum atomic E-state index is -0.215. The zero-order chi connectivity index (χ0) is 20.3. The molecule has 1 aromatic heterocycles. The molecule has 0 aliphatic carbocycles. The molecule has 0 bridgehead atoms. The Labute approximate surface area is 168 Å². The highest BCUT2D eigenvalue weighted by molar-refractivity contribution is 7.71. The van der Waals surface area contributed by atoms with E-state index in [-0.39, 0.29) is 11.5 Å². The Kier molecular flexibility index (Phi) is 5.75. The Morgan fingerprint density at radius 1 is 1.25 bits per heavy atom. The summed E-state index contributed by atoms with van der Waals surface area (Å²) in [5, 5.41) is 3.38. The zero-order valence-electron chi connectivity index (χ0n) is 15.9. The van der Waals surface area contributed by atoms with E-state index in [1.165, 1.54) is 4.57 Å². The lowest BCUT2D eigenvalue weighted by molar-refractivity contribution is 0.0951. The average molecular weight is 395 g/mol. The van der Waals surface area contributed by atoms with Gasteiger partial charge in [0.15, 0.2) is 4.77 Å². The molecule has 0 saturated heterocycles. The molecule has 0 spiro atoms. The van der Waals surface area contributed by atoms with Crippen LogP contribution in [-0.4, -0.2) is 29.6 Å². The molecule has 3 rings (SSSR count). The molecule has 0 unspecified atom stereocenters. The summed E-state index contributed by atoms with van der Waals surface area (Å²) in [4.78, 5) is 30.1.